The summed E-state index contributed by atoms with van der Waals surface area (Å²) in [5.41, 5.74) is 3.12. The number of carbonyl (C=O) groups excluding carboxylic acids is 2. The van der Waals surface area contributed by atoms with Crippen molar-refractivity contribution in [1.82, 2.24) is 5.32 Å². The van der Waals surface area contributed by atoms with Gasteiger partial charge in [0, 0.05) is 35.9 Å². The molecule has 3 unspecified atom stereocenters. The predicted octanol–water partition coefficient (Wildman–Crippen LogP) is 3.93. The molecule has 1 N–H and O–H groups in total. The van der Waals surface area contributed by atoms with Gasteiger partial charge in [-0.25, -0.2) is 0 Å². The number of nitrogens with one attached hydrogen (secondary N) is 1. The third-order valence-corrected chi connectivity index (χ3v) is 6.54. The van der Waals surface area contributed by atoms with E-state index in [2.05, 4.69) is 25.7 Å². The highest BCUT2D eigenvalue weighted by atomic mass is 32.1. The van der Waals surface area contributed by atoms with Gasteiger partial charge < -0.3 is 14.8 Å². The van der Waals surface area contributed by atoms with E-state index >= 15 is 0 Å². The lowest BCUT2D eigenvalue weighted by Gasteiger charge is -2.42. The molecule has 6 heteroatoms. The second-order valence-corrected chi connectivity index (χ2v) is 9.54. The molecule has 0 aromatic carbocycles. The van der Waals surface area contributed by atoms with Crippen LogP contribution in [-0.2, 0) is 19.1 Å². The quantitative estimate of drug-likeness (QED) is 0.775. The molecule has 3 aliphatic rings. The molecule has 2 aliphatic heterocycles. The third kappa shape index (κ3) is 3.67. The van der Waals surface area contributed by atoms with Crippen LogP contribution in [0.4, 0.5) is 0 Å². The van der Waals surface area contributed by atoms with Crippen molar-refractivity contribution in [3.63, 3.8) is 0 Å². The van der Waals surface area contributed by atoms with Gasteiger partial charge in [-0.15, -0.1) is 0 Å². The summed E-state index contributed by atoms with van der Waals surface area (Å²) in [6, 6.07) is 1.99. The Kier molecular flexibility index (Phi) is 5.19. The third-order valence-electron chi connectivity index (χ3n) is 5.84. The molecular weight excluding hydrogens is 374 g/mol. The summed E-state index contributed by atoms with van der Waals surface area (Å²) in [7, 11) is 0. The van der Waals surface area contributed by atoms with Gasteiger partial charge in [-0.2, -0.15) is 11.3 Å². The van der Waals surface area contributed by atoms with E-state index in [-0.39, 0.29) is 35.8 Å². The molecular formula is C22H27NO4S. The molecule has 0 spiro atoms. The van der Waals surface area contributed by atoms with Gasteiger partial charge in [-0.1, -0.05) is 20.4 Å². The van der Waals surface area contributed by atoms with E-state index < -0.39 is 5.92 Å². The summed E-state index contributed by atoms with van der Waals surface area (Å²) in [5.74, 6) is -1.18. The van der Waals surface area contributed by atoms with Gasteiger partial charge in [0.25, 0.3) is 0 Å². The Morgan fingerprint density at radius 2 is 2.25 bits per heavy atom. The van der Waals surface area contributed by atoms with Crippen LogP contribution in [0.25, 0.3) is 0 Å². The van der Waals surface area contributed by atoms with Gasteiger partial charge in [0.15, 0.2) is 5.78 Å². The fraction of sp³-hybridized carbons (Fsp3) is 0.545. The van der Waals surface area contributed by atoms with Crippen LogP contribution in [0.2, 0.25) is 0 Å². The van der Waals surface area contributed by atoms with Crippen LogP contribution in [0.1, 0.15) is 51.0 Å². The largest absolute Gasteiger partial charge is 0.462 e. The lowest BCUT2D eigenvalue weighted by molar-refractivity contribution is -0.151. The topological polar surface area (TPSA) is 64.6 Å². The molecule has 3 atom stereocenters. The molecule has 1 aliphatic carbocycles. The molecule has 4 rings (SSSR count). The zero-order valence-corrected chi connectivity index (χ0v) is 17.3. The van der Waals surface area contributed by atoms with Gasteiger partial charge in [0.2, 0.25) is 0 Å². The molecule has 0 saturated carbocycles. The molecule has 5 nitrogen and oxygen atoms in total. The lowest BCUT2D eigenvalue weighted by Crippen LogP contribution is -2.44. The fourth-order valence-electron chi connectivity index (χ4n) is 4.58. The van der Waals surface area contributed by atoms with Crippen LogP contribution >= 0.6 is 11.3 Å². The van der Waals surface area contributed by atoms with Crippen molar-refractivity contribution in [2.45, 2.75) is 51.6 Å². The molecule has 3 heterocycles. The molecule has 28 heavy (non-hydrogen) atoms. The Bertz CT molecular complexity index is 818. The summed E-state index contributed by atoms with van der Waals surface area (Å²) in [5, 5.41) is 7.28. The molecule has 1 saturated heterocycles. The van der Waals surface area contributed by atoms with E-state index in [0.29, 0.717) is 12.1 Å². The van der Waals surface area contributed by atoms with Crippen LogP contribution in [0.5, 0.6) is 0 Å². The van der Waals surface area contributed by atoms with E-state index in [0.717, 1.165) is 42.7 Å². The van der Waals surface area contributed by atoms with Crippen molar-refractivity contribution < 1.29 is 19.1 Å². The fourth-order valence-corrected chi connectivity index (χ4v) is 5.27. The van der Waals surface area contributed by atoms with E-state index in [1.807, 2.05) is 16.8 Å². The first-order chi connectivity index (χ1) is 13.4. The highest BCUT2D eigenvalue weighted by Gasteiger charge is 2.46. The Hall–Kier alpha value is -1.92. The minimum atomic E-state index is -0.611. The highest BCUT2D eigenvalue weighted by Crippen LogP contribution is 2.48. The van der Waals surface area contributed by atoms with Gasteiger partial charge in [0.1, 0.15) is 12.5 Å². The summed E-state index contributed by atoms with van der Waals surface area (Å²) >= 11 is 1.57. The molecule has 1 fully saturated rings. The molecule has 0 amide bonds. The van der Waals surface area contributed by atoms with Crippen LogP contribution in [0.15, 0.2) is 40.4 Å². The molecule has 0 radical (unpaired) electrons. The van der Waals surface area contributed by atoms with Crippen LogP contribution in [0, 0.1) is 11.3 Å². The van der Waals surface area contributed by atoms with Crippen LogP contribution in [0.3, 0.4) is 0 Å². The first-order valence-electron chi connectivity index (χ1n) is 9.88. The summed E-state index contributed by atoms with van der Waals surface area (Å²) in [4.78, 5) is 26.2. The minimum absolute atomic E-state index is 0.0275. The number of allylic oxidation sites excluding steroid dienone is 2. The van der Waals surface area contributed by atoms with Crippen molar-refractivity contribution in [2.24, 2.45) is 11.3 Å². The van der Waals surface area contributed by atoms with Crippen molar-refractivity contribution >= 4 is 23.1 Å². The Labute approximate surface area is 169 Å². The smallest absolute Gasteiger partial charge is 0.315 e. The number of ether oxygens (including phenoxy) is 2. The monoisotopic (exact) mass is 401 g/mol. The zero-order chi connectivity index (χ0) is 19.9. The molecule has 1 aromatic rings. The van der Waals surface area contributed by atoms with E-state index in [1.54, 1.807) is 11.3 Å². The Morgan fingerprint density at radius 1 is 1.43 bits per heavy atom. The summed E-state index contributed by atoms with van der Waals surface area (Å²) < 4.78 is 11.2. The molecule has 150 valence electrons. The predicted molar refractivity (Wildman–Crippen MR) is 108 cm³/mol. The second-order valence-electron chi connectivity index (χ2n) is 8.76. The SMILES string of the molecule is C=C1NC2=C(C(=O)CC(C)(C)C2)C(c2ccsc2)C1C(=O)OCC1CCCO1. The van der Waals surface area contributed by atoms with Crippen molar-refractivity contribution in [1.29, 1.82) is 0 Å². The number of rotatable bonds is 4. The first kappa shape index (κ1) is 19.4. The lowest BCUT2D eigenvalue weighted by atomic mass is 9.67. The maximum Gasteiger partial charge on any atom is 0.315 e. The number of ketones is 1. The van der Waals surface area contributed by atoms with Gasteiger partial charge >= 0.3 is 5.97 Å². The van der Waals surface area contributed by atoms with Crippen molar-refractivity contribution in [3.05, 3.63) is 45.9 Å². The second kappa shape index (κ2) is 7.48. The highest BCUT2D eigenvalue weighted by molar-refractivity contribution is 7.08. The van der Waals surface area contributed by atoms with Crippen LogP contribution < -0.4 is 5.32 Å². The Morgan fingerprint density at radius 3 is 2.93 bits per heavy atom. The van der Waals surface area contributed by atoms with Crippen LogP contribution in [-0.4, -0.2) is 31.1 Å². The van der Waals surface area contributed by atoms with Crippen molar-refractivity contribution in [3.8, 4) is 0 Å². The first-order valence-corrected chi connectivity index (χ1v) is 10.8. The van der Waals surface area contributed by atoms with Crippen molar-refractivity contribution in [2.75, 3.05) is 13.2 Å². The van der Waals surface area contributed by atoms with E-state index in [4.69, 9.17) is 9.47 Å². The number of Topliss-reactive ketones (excluding diaryl/α,β-unsaturated/α-hetero) is 1. The standard InChI is InChI=1S/C22H27NO4S/c1-13-18(21(25)27-11-15-5-4-7-26-15)19(14-6-8-28-12-14)20-16(23-13)9-22(2,3)10-17(20)24/h6,8,12,15,18-19,23H,1,4-5,7,9-11H2,2-3H3. The molecule has 0 bridgehead atoms. The average molecular weight is 402 g/mol. The average Bonchev–Trinajstić information content (AvgIpc) is 3.31. The maximum absolute atomic E-state index is 13.1. The number of hydrogen-bond donors (Lipinski definition) is 1. The Balaban J connectivity index is 1.66. The normalized spacial score (nSPS) is 29.4. The maximum atomic E-state index is 13.1. The summed E-state index contributed by atoms with van der Waals surface area (Å²) in [6.45, 7) is 9.31. The van der Waals surface area contributed by atoms with Gasteiger partial charge in [0.05, 0.1) is 6.10 Å². The number of carbonyl (C=O) groups is 2. The zero-order valence-electron chi connectivity index (χ0n) is 16.5. The van der Waals surface area contributed by atoms with Gasteiger partial charge in [-0.05, 0) is 47.1 Å². The number of hydrogen-bond acceptors (Lipinski definition) is 6. The molecule has 1 aromatic heterocycles. The summed E-state index contributed by atoms with van der Waals surface area (Å²) in [6.07, 6.45) is 3.13. The van der Waals surface area contributed by atoms with E-state index in [9.17, 15) is 9.59 Å². The number of thiophene rings is 1. The minimum Gasteiger partial charge on any atom is -0.462 e. The number of esters is 1. The van der Waals surface area contributed by atoms with E-state index in [1.165, 1.54) is 0 Å². The van der Waals surface area contributed by atoms with Gasteiger partial charge in [-0.3, -0.25) is 9.59 Å².